The average Bonchev–Trinajstić information content (AvgIpc) is 2.48. The van der Waals surface area contributed by atoms with E-state index < -0.39 is 0 Å². The van der Waals surface area contributed by atoms with Gasteiger partial charge in [-0.15, -0.1) is 0 Å². The molecule has 3 rings (SSSR count). The van der Waals surface area contributed by atoms with Crippen molar-refractivity contribution in [3.63, 3.8) is 0 Å². The smallest absolute Gasteiger partial charge is 0.129 e. The Morgan fingerprint density at radius 3 is 2.82 bits per heavy atom. The molecule has 22 heavy (non-hydrogen) atoms. The number of hydrogen-bond donors (Lipinski definition) is 1. The molecule has 0 bridgehead atoms. The Labute approximate surface area is 131 Å². The first-order chi connectivity index (χ1) is 10.5. The van der Waals surface area contributed by atoms with E-state index in [0.717, 1.165) is 54.3 Å². The predicted molar refractivity (Wildman–Crippen MR) is 86.1 cm³/mol. The number of fused-ring (bicyclic) bond motifs is 1. The van der Waals surface area contributed by atoms with Crippen LogP contribution in [0.15, 0.2) is 18.2 Å². The number of benzene rings is 1. The van der Waals surface area contributed by atoms with Crippen LogP contribution >= 0.6 is 0 Å². The van der Waals surface area contributed by atoms with Crippen LogP contribution in [0.3, 0.4) is 0 Å². The van der Waals surface area contributed by atoms with Crippen molar-refractivity contribution in [1.82, 2.24) is 15.3 Å². The molecular weight excluding hydrogens is 277 g/mol. The summed E-state index contributed by atoms with van der Waals surface area (Å²) in [7, 11) is 0. The SMILES string of the molecule is Cc1cc(-c2nc(CC(C)C)nc3c2CNCC3)ccc1F. The van der Waals surface area contributed by atoms with Gasteiger partial charge in [0.25, 0.3) is 0 Å². The molecule has 2 aromatic rings. The molecule has 0 saturated heterocycles. The molecule has 0 spiro atoms. The lowest BCUT2D eigenvalue weighted by Crippen LogP contribution is -2.26. The zero-order valence-corrected chi connectivity index (χ0v) is 13.4. The summed E-state index contributed by atoms with van der Waals surface area (Å²) in [4.78, 5) is 9.55. The molecule has 1 aromatic carbocycles. The first-order valence-corrected chi connectivity index (χ1v) is 7.90. The summed E-state index contributed by atoms with van der Waals surface area (Å²) in [5.74, 6) is 1.24. The van der Waals surface area contributed by atoms with Gasteiger partial charge in [0.2, 0.25) is 0 Å². The van der Waals surface area contributed by atoms with E-state index in [0.29, 0.717) is 11.5 Å². The van der Waals surface area contributed by atoms with Gasteiger partial charge in [-0.1, -0.05) is 13.8 Å². The molecule has 0 aliphatic carbocycles. The molecule has 0 fully saturated rings. The number of aromatic nitrogens is 2. The minimum Gasteiger partial charge on any atom is -0.312 e. The van der Waals surface area contributed by atoms with E-state index in [1.807, 2.05) is 12.1 Å². The molecule has 0 unspecified atom stereocenters. The van der Waals surface area contributed by atoms with Crippen LogP contribution in [0.1, 0.15) is 36.5 Å². The van der Waals surface area contributed by atoms with Crippen LogP contribution in [0.2, 0.25) is 0 Å². The van der Waals surface area contributed by atoms with E-state index in [1.165, 1.54) is 6.07 Å². The second-order valence-corrected chi connectivity index (χ2v) is 6.40. The van der Waals surface area contributed by atoms with Crippen LogP contribution in [-0.4, -0.2) is 16.5 Å². The maximum Gasteiger partial charge on any atom is 0.129 e. The summed E-state index contributed by atoms with van der Waals surface area (Å²) in [6.45, 7) is 7.87. The van der Waals surface area contributed by atoms with Gasteiger partial charge in [-0.25, -0.2) is 14.4 Å². The molecule has 0 amide bonds. The number of halogens is 1. The van der Waals surface area contributed by atoms with Crippen molar-refractivity contribution in [3.05, 3.63) is 46.7 Å². The molecule has 4 heteroatoms. The lowest BCUT2D eigenvalue weighted by Gasteiger charge is -2.21. The zero-order valence-electron chi connectivity index (χ0n) is 13.4. The third-order valence-electron chi connectivity index (χ3n) is 4.00. The van der Waals surface area contributed by atoms with Crippen LogP contribution in [0.5, 0.6) is 0 Å². The van der Waals surface area contributed by atoms with Gasteiger partial charge in [0, 0.05) is 37.1 Å². The summed E-state index contributed by atoms with van der Waals surface area (Å²) < 4.78 is 13.6. The maximum absolute atomic E-state index is 13.6. The summed E-state index contributed by atoms with van der Waals surface area (Å²) in [5.41, 5.74) is 4.88. The topological polar surface area (TPSA) is 37.8 Å². The van der Waals surface area contributed by atoms with E-state index in [4.69, 9.17) is 9.97 Å². The number of nitrogens with zero attached hydrogens (tertiary/aromatic N) is 2. The van der Waals surface area contributed by atoms with E-state index in [1.54, 1.807) is 6.92 Å². The van der Waals surface area contributed by atoms with E-state index in [9.17, 15) is 4.39 Å². The third kappa shape index (κ3) is 3.02. The molecule has 1 aromatic heterocycles. The quantitative estimate of drug-likeness (QED) is 0.943. The normalized spacial score (nSPS) is 14.2. The van der Waals surface area contributed by atoms with Crippen LogP contribution in [-0.2, 0) is 19.4 Å². The monoisotopic (exact) mass is 299 g/mol. The molecule has 2 heterocycles. The molecule has 1 aliphatic rings. The van der Waals surface area contributed by atoms with Gasteiger partial charge in [-0.05, 0) is 36.6 Å². The van der Waals surface area contributed by atoms with Crippen LogP contribution in [0, 0.1) is 18.7 Å². The highest BCUT2D eigenvalue weighted by Gasteiger charge is 2.19. The van der Waals surface area contributed by atoms with E-state index in [-0.39, 0.29) is 5.82 Å². The Balaban J connectivity index is 2.13. The first-order valence-electron chi connectivity index (χ1n) is 7.90. The number of aryl methyl sites for hydroxylation is 1. The Morgan fingerprint density at radius 1 is 1.27 bits per heavy atom. The van der Waals surface area contributed by atoms with Crippen molar-refractivity contribution in [2.24, 2.45) is 5.92 Å². The van der Waals surface area contributed by atoms with Gasteiger partial charge in [0.1, 0.15) is 11.6 Å². The predicted octanol–water partition coefficient (Wildman–Crippen LogP) is 3.44. The summed E-state index contributed by atoms with van der Waals surface area (Å²) >= 11 is 0. The van der Waals surface area contributed by atoms with Gasteiger partial charge < -0.3 is 5.32 Å². The van der Waals surface area contributed by atoms with E-state index >= 15 is 0 Å². The second kappa shape index (κ2) is 6.13. The van der Waals surface area contributed by atoms with Crippen molar-refractivity contribution < 1.29 is 4.39 Å². The fourth-order valence-electron chi connectivity index (χ4n) is 2.88. The van der Waals surface area contributed by atoms with Gasteiger partial charge in [0.15, 0.2) is 0 Å². The van der Waals surface area contributed by atoms with Crippen LogP contribution < -0.4 is 5.32 Å². The molecule has 1 N–H and O–H groups in total. The number of rotatable bonds is 3. The molecule has 3 nitrogen and oxygen atoms in total. The Morgan fingerprint density at radius 2 is 2.09 bits per heavy atom. The Hall–Kier alpha value is -1.81. The minimum absolute atomic E-state index is 0.174. The van der Waals surface area contributed by atoms with Crippen molar-refractivity contribution in [2.75, 3.05) is 6.54 Å². The fourth-order valence-corrected chi connectivity index (χ4v) is 2.88. The summed E-state index contributed by atoms with van der Waals surface area (Å²) in [6, 6.07) is 5.22. The van der Waals surface area contributed by atoms with Gasteiger partial charge in [-0.3, -0.25) is 0 Å². The van der Waals surface area contributed by atoms with Crippen molar-refractivity contribution in [1.29, 1.82) is 0 Å². The maximum atomic E-state index is 13.6. The lowest BCUT2D eigenvalue weighted by atomic mass is 9.98. The second-order valence-electron chi connectivity index (χ2n) is 6.40. The molecule has 0 atom stereocenters. The number of nitrogens with one attached hydrogen (secondary N) is 1. The van der Waals surface area contributed by atoms with Crippen LogP contribution in [0.4, 0.5) is 4.39 Å². The van der Waals surface area contributed by atoms with Gasteiger partial charge in [-0.2, -0.15) is 0 Å². The molecule has 0 saturated carbocycles. The molecule has 0 radical (unpaired) electrons. The molecular formula is C18H22FN3. The van der Waals surface area contributed by atoms with Crippen molar-refractivity contribution in [3.8, 4) is 11.3 Å². The third-order valence-corrected chi connectivity index (χ3v) is 4.00. The highest BCUT2D eigenvalue weighted by molar-refractivity contribution is 5.65. The lowest BCUT2D eigenvalue weighted by molar-refractivity contribution is 0.593. The minimum atomic E-state index is -0.174. The first kappa shape index (κ1) is 15.1. The van der Waals surface area contributed by atoms with Gasteiger partial charge >= 0.3 is 0 Å². The average molecular weight is 299 g/mol. The molecule has 116 valence electrons. The highest BCUT2D eigenvalue weighted by Crippen LogP contribution is 2.27. The molecule has 1 aliphatic heterocycles. The number of hydrogen-bond acceptors (Lipinski definition) is 3. The van der Waals surface area contributed by atoms with Gasteiger partial charge in [0.05, 0.1) is 11.4 Å². The summed E-state index contributed by atoms with van der Waals surface area (Å²) in [6.07, 6.45) is 1.80. The standard InChI is InChI=1S/C18H22FN3/c1-11(2)8-17-21-16-6-7-20-10-14(16)18(22-17)13-4-5-15(19)12(3)9-13/h4-5,9,11,20H,6-8,10H2,1-3H3. The fraction of sp³-hybridized carbons (Fsp3) is 0.444. The highest BCUT2D eigenvalue weighted by atomic mass is 19.1. The van der Waals surface area contributed by atoms with E-state index in [2.05, 4.69) is 19.2 Å². The summed E-state index contributed by atoms with van der Waals surface area (Å²) in [5, 5.41) is 3.38. The Kier molecular flexibility index (Phi) is 4.21. The zero-order chi connectivity index (χ0) is 15.7. The van der Waals surface area contributed by atoms with Crippen molar-refractivity contribution >= 4 is 0 Å². The Bertz CT molecular complexity index is 695. The van der Waals surface area contributed by atoms with Crippen LogP contribution in [0.25, 0.3) is 11.3 Å². The largest absolute Gasteiger partial charge is 0.312 e. The van der Waals surface area contributed by atoms with Crippen molar-refractivity contribution in [2.45, 2.75) is 40.2 Å².